The van der Waals surface area contributed by atoms with Gasteiger partial charge in [-0.25, -0.2) is 4.39 Å². The third-order valence-corrected chi connectivity index (χ3v) is 4.57. The third kappa shape index (κ3) is 4.57. The molecule has 0 aromatic carbocycles. The number of aromatic amines is 1. The van der Waals surface area contributed by atoms with E-state index in [9.17, 15) is 14.5 Å². The molecule has 0 radical (unpaired) electrons. The van der Waals surface area contributed by atoms with E-state index in [1.165, 1.54) is 18.2 Å². The van der Waals surface area contributed by atoms with Crippen LogP contribution in [0.4, 0.5) is 10.2 Å². The van der Waals surface area contributed by atoms with E-state index in [0.717, 1.165) is 6.20 Å². The Labute approximate surface area is 172 Å². The maximum atomic E-state index is 13.3. The van der Waals surface area contributed by atoms with Crippen molar-refractivity contribution in [1.82, 2.24) is 20.5 Å². The number of rotatable bonds is 8. The van der Waals surface area contributed by atoms with E-state index < -0.39 is 16.4 Å². The first-order valence-corrected chi connectivity index (χ1v) is 9.47. The number of aromatic nitrogens is 3. The number of nitrogens with two attached hydrogens (primary N) is 1. The average molecular weight is 417 g/mol. The number of nitrogens with zero attached hydrogens (tertiary/aromatic N) is 3. The molecule has 1 aliphatic heterocycles. The highest BCUT2D eigenvalue weighted by Gasteiger charge is 2.39. The van der Waals surface area contributed by atoms with Gasteiger partial charge >= 0.3 is 5.70 Å². The normalized spacial score (nSPS) is 19.5. The van der Waals surface area contributed by atoms with Crippen LogP contribution in [0, 0.1) is 15.9 Å². The monoisotopic (exact) mass is 417 g/mol. The van der Waals surface area contributed by atoms with Gasteiger partial charge in [-0.15, -0.1) is 5.10 Å². The number of anilines is 1. The van der Waals surface area contributed by atoms with Crippen LogP contribution < -0.4 is 21.1 Å². The van der Waals surface area contributed by atoms with Crippen LogP contribution in [0.25, 0.3) is 0 Å². The summed E-state index contributed by atoms with van der Waals surface area (Å²) in [6.07, 6.45) is 4.47. The Morgan fingerprint density at radius 2 is 2.20 bits per heavy atom. The van der Waals surface area contributed by atoms with Gasteiger partial charge in [0.15, 0.2) is 5.82 Å². The van der Waals surface area contributed by atoms with Crippen molar-refractivity contribution in [1.29, 1.82) is 0 Å². The minimum absolute atomic E-state index is 0.0735. The SMILES string of the molecule is CC[C@H](c1ccc(F)cn1)C1(N)C=CC([N+](=O)[O-])=C(Nc2cc(OC(C)C)n[nH]2)N1. The van der Waals surface area contributed by atoms with Gasteiger partial charge in [0.1, 0.15) is 17.3 Å². The number of hydrogen-bond donors (Lipinski definition) is 4. The molecule has 0 saturated carbocycles. The molecule has 0 bridgehead atoms. The minimum atomic E-state index is -1.20. The van der Waals surface area contributed by atoms with Gasteiger partial charge < -0.3 is 21.1 Å². The van der Waals surface area contributed by atoms with Crippen molar-refractivity contribution in [2.45, 2.75) is 44.9 Å². The molecule has 3 heterocycles. The number of halogens is 1. The van der Waals surface area contributed by atoms with E-state index in [4.69, 9.17) is 10.5 Å². The Morgan fingerprint density at radius 3 is 2.80 bits per heavy atom. The van der Waals surface area contributed by atoms with Crippen LogP contribution in [0.1, 0.15) is 38.8 Å². The van der Waals surface area contributed by atoms with Gasteiger partial charge in [0.05, 0.1) is 17.2 Å². The molecule has 0 amide bonds. The molecule has 2 aromatic rings. The molecule has 160 valence electrons. The first-order chi connectivity index (χ1) is 14.2. The van der Waals surface area contributed by atoms with Gasteiger partial charge in [-0.2, -0.15) is 0 Å². The zero-order valence-corrected chi connectivity index (χ0v) is 16.8. The van der Waals surface area contributed by atoms with Crippen LogP contribution in [0.3, 0.4) is 0 Å². The van der Waals surface area contributed by atoms with E-state index in [2.05, 4.69) is 25.8 Å². The Bertz CT molecular complexity index is 971. The predicted molar refractivity (Wildman–Crippen MR) is 108 cm³/mol. The molecule has 3 rings (SSSR count). The number of allylic oxidation sites excluding steroid dienone is 1. The highest BCUT2D eigenvalue weighted by atomic mass is 19.1. The molecule has 1 aliphatic rings. The largest absolute Gasteiger partial charge is 0.474 e. The smallest absolute Gasteiger partial charge is 0.309 e. The summed E-state index contributed by atoms with van der Waals surface area (Å²) in [6.45, 7) is 5.63. The van der Waals surface area contributed by atoms with Crippen LogP contribution in [0.15, 0.2) is 48.1 Å². The van der Waals surface area contributed by atoms with E-state index in [0.29, 0.717) is 23.8 Å². The maximum Gasteiger partial charge on any atom is 0.309 e. The number of hydrogen-bond acceptors (Lipinski definition) is 8. The van der Waals surface area contributed by atoms with Crippen LogP contribution in [-0.4, -0.2) is 31.9 Å². The van der Waals surface area contributed by atoms with E-state index >= 15 is 0 Å². The topological polar surface area (TPSA) is 144 Å². The minimum Gasteiger partial charge on any atom is -0.474 e. The summed E-state index contributed by atoms with van der Waals surface area (Å²) in [5.74, 6) is -0.00379. The number of nitro groups is 1. The molecule has 0 saturated heterocycles. The molecular weight excluding hydrogens is 393 g/mol. The summed E-state index contributed by atoms with van der Waals surface area (Å²) in [4.78, 5) is 15.1. The Hall–Kier alpha value is -3.47. The molecular formula is C19H24FN7O3. The van der Waals surface area contributed by atoms with Crippen molar-refractivity contribution >= 4 is 5.82 Å². The Kier molecular flexibility index (Phi) is 6.01. The number of ether oxygens (including phenoxy) is 1. The highest BCUT2D eigenvalue weighted by molar-refractivity contribution is 5.47. The first-order valence-electron chi connectivity index (χ1n) is 9.47. The molecule has 11 heteroatoms. The molecule has 30 heavy (non-hydrogen) atoms. The van der Waals surface area contributed by atoms with Crippen molar-refractivity contribution in [3.63, 3.8) is 0 Å². The van der Waals surface area contributed by atoms with Crippen molar-refractivity contribution in [3.8, 4) is 5.88 Å². The lowest BCUT2D eigenvalue weighted by molar-refractivity contribution is -0.420. The number of pyridine rings is 1. The van der Waals surface area contributed by atoms with E-state index in [1.807, 2.05) is 20.8 Å². The van der Waals surface area contributed by atoms with Crippen LogP contribution in [0.2, 0.25) is 0 Å². The molecule has 10 nitrogen and oxygen atoms in total. The average Bonchev–Trinajstić information content (AvgIpc) is 3.09. The maximum absolute atomic E-state index is 13.3. The second kappa shape index (κ2) is 8.49. The van der Waals surface area contributed by atoms with Gasteiger partial charge in [0.2, 0.25) is 5.88 Å². The van der Waals surface area contributed by atoms with Crippen molar-refractivity contribution in [2.24, 2.45) is 5.73 Å². The van der Waals surface area contributed by atoms with Gasteiger partial charge in [-0.1, -0.05) is 6.92 Å². The lowest BCUT2D eigenvalue weighted by Crippen LogP contribution is -2.58. The fourth-order valence-electron chi connectivity index (χ4n) is 3.26. The first kappa shape index (κ1) is 21.2. The molecule has 2 atom stereocenters. The fourth-order valence-corrected chi connectivity index (χ4v) is 3.26. The number of H-pyrrole nitrogens is 1. The van der Waals surface area contributed by atoms with Crippen LogP contribution in [-0.2, 0) is 0 Å². The van der Waals surface area contributed by atoms with Gasteiger partial charge in [0, 0.05) is 23.8 Å². The molecule has 0 fully saturated rings. The fraction of sp³-hybridized carbons (Fsp3) is 0.368. The zero-order chi connectivity index (χ0) is 21.9. The van der Waals surface area contributed by atoms with Crippen LogP contribution >= 0.6 is 0 Å². The van der Waals surface area contributed by atoms with Gasteiger partial charge in [-0.3, -0.25) is 20.2 Å². The molecule has 5 N–H and O–H groups in total. The van der Waals surface area contributed by atoms with Crippen molar-refractivity contribution in [2.75, 3.05) is 5.32 Å². The highest BCUT2D eigenvalue weighted by Crippen LogP contribution is 2.32. The number of nitrogens with one attached hydrogen (secondary N) is 3. The van der Waals surface area contributed by atoms with E-state index in [1.54, 1.807) is 12.1 Å². The predicted octanol–water partition coefficient (Wildman–Crippen LogP) is 2.60. The van der Waals surface area contributed by atoms with Crippen molar-refractivity contribution < 1.29 is 14.1 Å². The van der Waals surface area contributed by atoms with Crippen molar-refractivity contribution in [3.05, 3.63) is 69.7 Å². The molecule has 0 spiro atoms. The Morgan fingerprint density at radius 1 is 1.43 bits per heavy atom. The number of dihydropyridines is 1. The molecule has 0 aliphatic carbocycles. The zero-order valence-electron chi connectivity index (χ0n) is 16.8. The Balaban J connectivity index is 1.89. The molecule has 2 aromatic heterocycles. The second-order valence-electron chi connectivity index (χ2n) is 7.18. The summed E-state index contributed by atoms with van der Waals surface area (Å²) in [5.41, 5.74) is 5.76. The summed E-state index contributed by atoms with van der Waals surface area (Å²) in [5, 5.41) is 24.2. The standard InChI is InChI=1S/C19H24FN7O3/c1-4-13(14-6-5-12(20)10-22-14)19(21)8-7-15(27(28)29)18(24-19)23-16-9-17(26-25-16)30-11(2)3/h5-11,13,24H,4,21H2,1-3H3,(H2,23,25,26)/t13-,19?/m1/s1. The summed E-state index contributed by atoms with van der Waals surface area (Å²) >= 11 is 0. The summed E-state index contributed by atoms with van der Waals surface area (Å²) in [7, 11) is 0. The quantitative estimate of drug-likeness (QED) is 0.379. The van der Waals surface area contributed by atoms with Gasteiger partial charge in [0.25, 0.3) is 0 Å². The summed E-state index contributed by atoms with van der Waals surface area (Å²) < 4.78 is 18.8. The summed E-state index contributed by atoms with van der Waals surface area (Å²) in [6, 6.07) is 4.44. The third-order valence-electron chi connectivity index (χ3n) is 4.57. The second-order valence-corrected chi connectivity index (χ2v) is 7.18. The van der Waals surface area contributed by atoms with E-state index in [-0.39, 0.29) is 23.5 Å². The van der Waals surface area contributed by atoms with Crippen LogP contribution in [0.5, 0.6) is 5.88 Å². The lowest BCUT2D eigenvalue weighted by atomic mass is 9.85. The lowest BCUT2D eigenvalue weighted by Gasteiger charge is -2.38. The molecule has 1 unspecified atom stereocenters. The van der Waals surface area contributed by atoms with Gasteiger partial charge in [-0.05, 0) is 38.5 Å².